The van der Waals surface area contributed by atoms with E-state index in [-0.39, 0.29) is 21.2 Å². The summed E-state index contributed by atoms with van der Waals surface area (Å²) >= 11 is 0. The fraction of sp³-hybridized carbons (Fsp3) is 0.125. The zero-order valence-corrected chi connectivity index (χ0v) is 13.2. The molecule has 2 aromatic rings. The molecule has 0 atom stereocenters. The van der Waals surface area contributed by atoms with Gasteiger partial charge in [-0.15, -0.1) is 0 Å². The average Bonchev–Trinajstić information content (AvgIpc) is 2.56. The summed E-state index contributed by atoms with van der Waals surface area (Å²) in [7, 11) is -4.25. The largest absolute Gasteiger partial charge is 0.439 e. The first-order valence-electron chi connectivity index (χ1n) is 6.68. The molecule has 118 valence electrons. The number of rotatable bonds is 4. The smallest absolute Gasteiger partial charge is 0.392 e. The molecule has 0 aromatic heterocycles. The summed E-state index contributed by atoms with van der Waals surface area (Å²) in [6, 6.07) is 13.6. The van der Waals surface area contributed by atoms with Crippen LogP contribution in [0.5, 0.6) is 0 Å². The van der Waals surface area contributed by atoms with Gasteiger partial charge in [0, 0.05) is 0 Å². The maximum Gasteiger partial charge on any atom is 0.439 e. The number of aliphatic hydroxyl groups is 1. The van der Waals surface area contributed by atoms with Gasteiger partial charge in [0.05, 0.1) is 12.2 Å². The highest BCUT2D eigenvalue weighted by atomic mass is 32.2. The lowest BCUT2D eigenvalue weighted by Crippen LogP contribution is -2.25. The van der Waals surface area contributed by atoms with Crippen molar-refractivity contribution >= 4 is 15.7 Å². The Morgan fingerprint density at radius 3 is 2.17 bits per heavy atom. The molecule has 0 heterocycles. The van der Waals surface area contributed by atoms with Gasteiger partial charge in [0.15, 0.2) is 6.07 Å². The van der Waals surface area contributed by atoms with Crippen molar-refractivity contribution in [2.45, 2.75) is 18.4 Å². The number of nitriles is 1. The van der Waals surface area contributed by atoms with Gasteiger partial charge < -0.3 is 5.11 Å². The Labute approximate surface area is 134 Å². The van der Waals surface area contributed by atoms with Crippen LogP contribution in [0.15, 0.2) is 53.4 Å². The van der Waals surface area contributed by atoms with E-state index in [0.29, 0.717) is 5.56 Å². The predicted octanol–water partition coefficient (Wildman–Crippen LogP) is 1.59. The van der Waals surface area contributed by atoms with E-state index in [1.54, 1.807) is 30.3 Å². The lowest BCUT2D eigenvalue weighted by atomic mass is 10.1. The summed E-state index contributed by atoms with van der Waals surface area (Å²) in [6.45, 7) is 1.63. The molecule has 0 aliphatic rings. The third-order valence-electron chi connectivity index (χ3n) is 3.25. The topological polar surface area (TPSA) is 101 Å². The van der Waals surface area contributed by atoms with Crippen LogP contribution in [-0.4, -0.2) is 28.6 Å². The summed E-state index contributed by atoms with van der Waals surface area (Å²) in [4.78, 5) is -0.120. The van der Waals surface area contributed by atoms with E-state index >= 15 is 0 Å². The quantitative estimate of drug-likeness (QED) is 0.383. The zero-order valence-electron chi connectivity index (χ0n) is 12.3. The van der Waals surface area contributed by atoms with Crippen LogP contribution in [0.4, 0.5) is 0 Å². The van der Waals surface area contributed by atoms with Gasteiger partial charge in [-0.3, -0.25) is 5.21 Å². The summed E-state index contributed by atoms with van der Waals surface area (Å²) in [6.07, 6.45) is 0. The van der Waals surface area contributed by atoms with Gasteiger partial charge in [0.2, 0.25) is 0 Å². The van der Waals surface area contributed by atoms with Crippen molar-refractivity contribution < 1.29 is 22.9 Å². The van der Waals surface area contributed by atoms with Crippen LogP contribution in [0, 0.1) is 18.3 Å². The van der Waals surface area contributed by atoms with Crippen molar-refractivity contribution in [2.24, 2.45) is 0 Å². The third kappa shape index (κ3) is 3.39. The van der Waals surface area contributed by atoms with Gasteiger partial charge in [-0.05, 0) is 36.8 Å². The highest BCUT2D eigenvalue weighted by Crippen LogP contribution is 2.14. The van der Waals surface area contributed by atoms with Crippen LogP contribution >= 0.6 is 0 Å². The van der Waals surface area contributed by atoms with E-state index in [4.69, 9.17) is 5.11 Å². The SMILES string of the molecule is Cc1ccc(S(=O)(=O)[N+](O)=C(C#N)c2ccc(CO)cc2)cc1. The first-order valence-corrected chi connectivity index (χ1v) is 8.12. The summed E-state index contributed by atoms with van der Waals surface area (Å²) in [5.41, 5.74) is 1.28. The molecule has 0 radical (unpaired) electrons. The fourth-order valence-corrected chi connectivity index (χ4v) is 2.98. The molecule has 0 aliphatic carbocycles. The van der Waals surface area contributed by atoms with E-state index in [1.807, 2.05) is 6.92 Å². The molecule has 0 aliphatic heterocycles. The van der Waals surface area contributed by atoms with E-state index < -0.39 is 15.7 Å². The number of benzene rings is 2. The lowest BCUT2D eigenvalue weighted by Gasteiger charge is -2.01. The Morgan fingerprint density at radius 1 is 1.13 bits per heavy atom. The first kappa shape index (κ1) is 16.7. The number of sulfonamides is 1. The monoisotopic (exact) mass is 331 g/mol. The van der Waals surface area contributed by atoms with Crippen LogP contribution in [0.3, 0.4) is 0 Å². The van der Waals surface area contributed by atoms with Gasteiger partial charge in [0.25, 0.3) is 0 Å². The minimum atomic E-state index is -4.25. The second-order valence-electron chi connectivity index (χ2n) is 4.88. The van der Waals surface area contributed by atoms with Crippen LogP contribution in [0.1, 0.15) is 16.7 Å². The molecular formula is C16H15N2O4S+. The minimum Gasteiger partial charge on any atom is -0.392 e. The highest BCUT2D eigenvalue weighted by Gasteiger charge is 2.33. The number of aliphatic hydroxyl groups excluding tert-OH is 1. The molecule has 23 heavy (non-hydrogen) atoms. The average molecular weight is 331 g/mol. The summed E-state index contributed by atoms with van der Waals surface area (Å²) in [5.74, 6) is 0. The van der Waals surface area contributed by atoms with Crippen LogP contribution < -0.4 is 0 Å². The number of hydrogen-bond donors (Lipinski definition) is 2. The Hall–Kier alpha value is -2.69. The number of nitrogens with zero attached hydrogens (tertiary/aromatic N) is 2. The standard InChI is InChI=1S/C16H15N2O4S/c1-12-2-8-15(9-3-12)23(21,22)18(20)16(10-17)14-6-4-13(11-19)5-7-14/h2-9,19-20H,11H2,1H3/q+1. The van der Waals surface area contributed by atoms with Crippen molar-refractivity contribution in [2.75, 3.05) is 0 Å². The Morgan fingerprint density at radius 2 is 1.70 bits per heavy atom. The molecule has 0 unspecified atom stereocenters. The van der Waals surface area contributed by atoms with E-state index in [9.17, 15) is 18.9 Å². The summed E-state index contributed by atoms with van der Waals surface area (Å²) in [5, 5.41) is 28.3. The van der Waals surface area contributed by atoms with Crippen LogP contribution in [0.25, 0.3) is 0 Å². The molecule has 0 saturated heterocycles. The molecule has 2 N–H and O–H groups in total. The maximum absolute atomic E-state index is 12.4. The number of aryl methyl sites for hydroxylation is 1. The molecule has 2 rings (SSSR count). The Balaban J connectivity index is 2.55. The van der Waals surface area contributed by atoms with Crippen LogP contribution in [-0.2, 0) is 16.6 Å². The number of hydrogen-bond acceptors (Lipinski definition) is 5. The molecule has 7 heteroatoms. The molecule has 2 aromatic carbocycles. The molecule has 6 nitrogen and oxygen atoms in total. The Bertz CT molecular complexity index is 877. The molecule has 0 fully saturated rings. The zero-order chi connectivity index (χ0) is 17.0. The molecule has 0 spiro atoms. The van der Waals surface area contributed by atoms with Gasteiger partial charge >= 0.3 is 15.7 Å². The fourth-order valence-electron chi connectivity index (χ4n) is 1.92. The van der Waals surface area contributed by atoms with Gasteiger partial charge in [-0.25, -0.2) is 0 Å². The van der Waals surface area contributed by atoms with Crippen molar-refractivity contribution in [1.29, 1.82) is 5.26 Å². The van der Waals surface area contributed by atoms with Gasteiger partial charge in [0.1, 0.15) is 9.04 Å². The summed E-state index contributed by atoms with van der Waals surface area (Å²) < 4.78 is 24.8. The minimum absolute atomic E-state index is 0.0222. The van der Waals surface area contributed by atoms with Gasteiger partial charge in [-0.1, -0.05) is 29.8 Å². The predicted molar refractivity (Wildman–Crippen MR) is 82.5 cm³/mol. The Kier molecular flexibility index (Phi) is 4.79. The van der Waals surface area contributed by atoms with Crippen molar-refractivity contribution in [3.8, 4) is 6.07 Å². The highest BCUT2D eigenvalue weighted by molar-refractivity contribution is 7.85. The van der Waals surface area contributed by atoms with Crippen molar-refractivity contribution in [3.05, 3.63) is 65.2 Å². The molecule has 0 amide bonds. The van der Waals surface area contributed by atoms with E-state index in [0.717, 1.165) is 5.56 Å². The maximum atomic E-state index is 12.4. The second-order valence-corrected chi connectivity index (χ2v) is 6.64. The van der Waals surface area contributed by atoms with Gasteiger partial charge in [-0.2, -0.15) is 13.7 Å². The third-order valence-corrected chi connectivity index (χ3v) is 4.76. The normalized spacial score (nSPS) is 12.4. The molecule has 0 saturated carbocycles. The van der Waals surface area contributed by atoms with Crippen molar-refractivity contribution in [3.63, 3.8) is 0 Å². The lowest BCUT2D eigenvalue weighted by molar-refractivity contribution is -0.655. The van der Waals surface area contributed by atoms with Crippen molar-refractivity contribution in [1.82, 2.24) is 0 Å². The van der Waals surface area contributed by atoms with E-state index in [2.05, 4.69) is 0 Å². The van der Waals surface area contributed by atoms with E-state index in [1.165, 1.54) is 24.3 Å². The van der Waals surface area contributed by atoms with Crippen LogP contribution in [0.2, 0.25) is 0 Å². The molecular weight excluding hydrogens is 316 g/mol. The second kappa shape index (κ2) is 6.60. The molecule has 0 bridgehead atoms. The first-order chi connectivity index (χ1) is 10.9.